The molecule has 0 saturated carbocycles. The van der Waals surface area contributed by atoms with E-state index in [-0.39, 0.29) is 18.4 Å². The number of anilines is 2. The van der Waals surface area contributed by atoms with Gasteiger partial charge in [0.15, 0.2) is 6.61 Å². The van der Waals surface area contributed by atoms with Gasteiger partial charge in [-0.1, -0.05) is 12.1 Å². The number of nitrogens with zero attached hydrogens (tertiary/aromatic N) is 4. The van der Waals surface area contributed by atoms with Gasteiger partial charge in [0.25, 0.3) is 11.8 Å². The highest BCUT2D eigenvalue weighted by atomic mass is 16.5. The molecule has 10 nitrogen and oxygen atoms in total. The standard InChI is InChI=1S/C23H20N6O4/c1-32-21-5-3-2-4-20(21)26-23(31)16-6-8-17(9-7-16)25-22(30)14-33-19-12-10-18(11-13-19)29-15-24-27-28-29/h2-13,15H,14H2,1H3,(H,25,30)(H,26,31). The van der Waals surface area contributed by atoms with E-state index in [9.17, 15) is 9.59 Å². The molecule has 10 heteroatoms. The number of rotatable bonds is 8. The van der Waals surface area contributed by atoms with Crippen molar-refractivity contribution in [3.63, 3.8) is 0 Å². The van der Waals surface area contributed by atoms with E-state index in [1.54, 1.807) is 60.7 Å². The molecule has 0 aliphatic rings. The zero-order chi connectivity index (χ0) is 23.0. The smallest absolute Gasteiger partial charge is 0.262 e. The molecule has 0 aliphatic heterocycles. The Morgan fingerprint density at radius 1 is 0.939 bits per heavy atom. The molecule has 0 spiro atoms. The third-order valence-corrected chi connectivity index (χ3v) is 4.61. The SMILES string of the molecule is COc1ccccc1NC(=O)c1ccc(NC(=O)COc2ccc(-n3cnnn3)cc2)cc1. The second kappa shape index (κ2) is 10.1. The third kappa shape index (κ3) is 5.50. The number of aromatic nitrogens is 4. The van der Waals surface area contributed by atoms with Crippen LogP contribution in [0.1, 0.15) is 10.4 Å². The van der Waals surface area contributed by atoms with Crippen LogP contribution < -0.4 is 20.1 Å². The van der Waals surface area contributed by atoms with Crippen molar-refractivity contribution >= 4 is 23.2 Å². The van der Waals surface area contributed by atoms with Crippen molar-refractivity contribution in [2.45, 2.75) is 0 Å². The van der Waals surface area contributed by atoms with Crippen molar-refractivity contribution in [1.82, 2.24) is 20.2 Å². The van der Waals surface area contributed by atoms with E-state index in [1.165, 1.54) is 18.1 Å². The molecule has 0 bridgehead atoms. The lowest BCUT2D eigenvalue weighted by molar-refractivity contribution is -0.118. The number of tetrazole rings is 1. The first-order valence-electron chi connectivity index (χ1n) is 9.93. The van der Waals surface area contributed by atoms with Crippen molar-refractivity contribution in [2.75, 3.05) is 24.4 Å². The first kappa shape index (κ1) is 21.5. The number of benzene rings is 3. The van der Waals surface area contributed by atoms with Gasteiger partial charge in [-0.25, -0.2) is 4.68 Å². The number of amides is 2. The van der Waals surface area contributed by atoms with Gasteiger partial charge in [0.2, 0.25) is 0 Å². The fourth-order valence-corrected chi connectivity index (χ4v) is 2.97. The summed E-state index contributed by atoms with van der Waals surface area (Å²) in [5.74, 6) is 0.488. The van der Waals surface area contributed by atoms with Crippen LogP contribution in [0.5, 0.6) is 11.5 Å². The van der Waals surface area contributed by atoms with Crippen LogP contribution in [-0.2, 0) is 4.79 Å². The number of hydrogen-bond donors (Lipinski definition) is 2. The van der Waals surface area contributed by atoms with Crippen LogP contribution in [0.3, 0.4) is 0 Å². The van der Waals surface area contributed by atoms with Crippen molar-refractivity contribution in [1.29, 1.82) is 0 Å². The molecule has 0 radical (unpaired) electrons. The van der Waals surface area contributed by atoms with Gasteiger partial charge in [0, 0.05) is 11.3 Å². The highest BCUT2D eigenvalue weighted by Gasteiger charge is 2.10. The molecule has 33 heavy (non-hydrogen) atoms. The van der Waals surface area contributed by atoms with Crippen molar-refractivity contribution in [2.24, 2.45) is 0 Å². The Morgan fingerprint density at radius 2 is 1.70 bits per heavy atom. The molecule has 1 heterocycles. The van der Waals surface area contributed by atoms with Crippen LogP contribution >= 0.6 is 0 Å². The lowest BCUT2D eigenvalue weighted by Gasteiger charge is -2.11. The molecular weight excluding hydrogens is 424 g/mol. The van der Waals surface area contributed by atoms with E-state index in [0.29, 0.717) is 28.4 Å². The van der Waals surface area contributed by atoms with E-state index in [1.807, 2.05) is 12.1 Å². The number of carbonyl (C=O) groups excluding carboxylic acids is 2. The Hall–Kier alpha value is -4.73. The van der Waals surface area contributed by atoms with Gasteiger partial charge in [-0.15, -0.1) is 5.10 Å². The van der Waals surface area contributed by atoms with E-state index < -0.39 is 0 Å². The summed E-state index contributed by atoms with van der Waals surface area (Å²) in [6, 6.07) is 20.7. The largest absolute Gasteiger partial charge is 0.495 e. The third-order valence-electron chi connectivity index (χ3n) is 4.61. The summed E-state index contributed by atoms with van der Waals surface area (Å²) in [5.41, 5.74) is 2.33. The second-order valence-electron chi connectivity index (χ2n) is 6.82. The van der Waals surface area contributed by atoms with Crippen LogP contribution in [0.15, 0.2) is 79.1 Å². The Labute approximate surface area is 189 Å². The van der Waals surface area contributed by atoms with E-state index in [0.717, 1.165) is 5.69 Å². The second-order valence-corrected chi connectivity index (χ2v) is 6.82. The van der Waals surface area contributed by atoms with Crippen molar-refractivity contribution < 1.29 is 19.1 Å². The molecule has 0 saturated heterocycles. The number of methoxy groups -OCH3 is 1. The Balaban J connectivity index is 1.28. The number of carbonyl (C=O) groups is 2. The maximum Gasteiger partial charge on any atom is 0.262 e. The monoisotopic (exact) mass is 444 g/mol. The van der Waals surface area contributed by atoms with Crippen LogP contribution in [-0.4, -0.2) is 45.7 Å². The van der Waals surface area contributed by atoms with E-state index in [4.69, 9.17) is 9.47 Å². The predicted octanol–water partition coefficient (Wildman–Crippen LogP) is 2.94. The Morgan fingerprint density at radius 3 is 2.39 bits per heavy atom. The first-order chi connectivity index (χ1) is 16.1. The van der Waals surface area contributed by atoms with Crippen LogP contribution in [0, 0.1) is 0 Å². The van der Waals surface area contributed by atoms with Crippen LogP contribution in [0.4, 0.5) is 11.4 Å². The van der Waals surface area contributed by atoms with Gasteiger partial charge >= 0.3 is 0 Å². The lowest BCUT2D eigenvalue weighted by atomic mass is 10.2. The maximum atomic E-state index is 12.5. The highest BCUT2D eigenvalue weighted by molar-refractivity contribution is 6.05. The molecule has 0 atom stereocenters. The van der Waals surface area contributed by atoms with Gasteiger partial charge in [-0.2, -0.15) is 0 Å². The first-order valence-corrected chi connectivity index (χ1v) is 9.93. The zero-order valence-corrected chi connectivity index (χ0v) is 17.6. The molecule has 3 aromatic carbocycles. The van der Waals surface area contributed by atoms with E-state index >= 15 is 0 Å². The molecular formula is C23H20N6O4. The summed E-state index contributed by atoms with van der Waals surface area (Å²) in [5, 5.41) is 16.5. The number of para-hydroxylation sites is 2. The molecule has 2 amide bonds. The minimum Gasteiger partial charge on any atom is -0.495 e. The minimum absolute atomic E-state index is 0.166. The maximum absolute atomic E-state index is 12.5. The minimum atomic E-state index is -0.328. The molecule has 0 unspecified atom stereocenters. The van der Waals surface area contributed by atoms with Crippen LogP contribution in [0.25, 0.3) is 5.69 Å². The van der Waals surface area contributed by atoms with E-state index in [2.05, 4.69) is 26.2 Å². The predicted molar refractivity (Wildman–Crippen MR) is 121 cm³/mol. The average Bonchev–Trinajstić information content (AvgIpc) is 3.39. The topological polar surface area (TPSA) is 120 Å². The van der Waals surface area contributed by atoms with Gasteiger partial charge in [-0.3, -0.25) is 9.59 Å². The number of ether oxygens (including phenoxy) is 2. The van der Waals surface area contributed by atoms with Crippen molar-refractivity contribution in [3.8, 4) is 17.2 Å². The molecule has 0 fully saturated rings. The summed E-state index contributed by atoms with van der Waals surface area (Å²) < 4.78 is 12.3. The Kier molecular flexibility index (Phi) is 6.55. The Bertz CT molecular complexity index is 1220. The molecule has 4 rings (SSSR count). The summed E-state index contributed by atoms with van der Waals surface area (Å²) in [6.45, 7) is -0.166. The molecule has 4 aromatic rings. The molecule has 0 aliphatic carbocycles. The zero-order valence-electron chi connectivity index (χ0n) is 17.6. The highest BCUT2D eigenvalue weighted by Crippen LogP contribution is 2.24. The number of nitrogens with one attached hydrogen (secondary N) is 2. The summed E-state index contributed by atoms with van der Waals surface area (Å²) in [4.78, 5) is 24.7. The van der Waals surface area contributed by atoms with Crippen LogP contribution in [0.2, 0.25) is 0 Å². The fraction of sp³-hybridized carbons (Fsp3) is 0.0870. The molecule has 1 aromatic heterocycles. The van der Waals surface area contributed by atoms with Crippen molar-refractivity contribution in [3.05, 3.63) is 84.7 Å². The number of hydrogen-bond acceptors (Lipinski definition) is 7. The molecule has 2 N–H and O–H groups in total. The normalized spacial score (nSPS) is 10.3. The van der Waals surface area contributed by atoms with Gasteiger partial charge in [-0.05, 0) is 71.1 Å². The fourth-order valence-electron chi connectivity index (χ4n) is 2.97. The summed E-state index contributed by atoms with van der Waals surface area (Å²) >= 11 is 0. The summed E-state index contributed by atoms with van der Waals surface area (Å²) in [7, 11) is 1.54. The van der Waals surface area contributed by atoms with Gasteiger partial charge in [0.1, 0.15) is 17.8 Å². The lowest BCUT2D eigenvalue weighted by Crippen LogP contribution is -2.20. The van der Waals surface area contributed by atoms with Gasteiger partial charge in [0.05, 0.1) is 18.5 Å². The molecule has 166 valence electrons. The summed E-state index contributed by atoms with van der Waals surface area (Å²) in [6.07, 6.45) is 1.48. The average molecular weight is 444 g/mol. The quantitative estimate of drug-likeness (QED) is 0.429. The van der Waals surface area contributed by atoms with Gasteiger partial charge < -0.3 is 20.1 Å².